The second kappa shape index (κ2) is 5.08. The van der Waals surface area contributed by atoms with Crippen LogP contribution in [0.1, 0.15) is 5.82 Å². The molecule has 1 aromatic rings. The van der Waals surface area contributed by atoms with Crippen LogP contribution >= 0.6 is 0 Å². The van der Waals surface area contributed by atoms with Gasteiger partial charge in [0.05, 0.1) is 0 Å². The van der Waals surface area contributed by atoms with Gasteiger partial charge in [0, 0.05) is 0 Å². The third kappa shape index (κ3) is 3.17. The van der Waals surface area contributed by atoms with Crippen molar-refractivity contribution in [2.24, 2.45) is 0 Å². The van der Waals surface area contributed by atoms with Gasteiger partial charge in [0.15, 0.2) is 0 Å². The average molecular weight is 276 g/mol. The molecule has 0 amide bonds. The van der Waals surface area contributed by atoms with E-state index < -0.39 is 0 Å². The van der Waals surface area contributed by atoms with E-state index in [9.17, 15) is 0 Å². The molecule has 3 nitrogen and oxygen atoms in total. The number of nitrogens with zero attached hydrogens (tertiary/aromatic N) is 1. The Morgan fingerprint density at radius 2 is 2.67 bits per heavy atom. The van der Waals surface area contributed by atoms with Gasteiger partial charge in [-0.05, 0) is 0 Å². The summed E-state index contributed by atoms with van der Waals surface area (Å²) in [4.78, 5) is 9.14. The maximum absolute atomic E-state index is 7.49. The molecule has 0 saturated carbocycles. The Morgan fingerprint density at radius 1 is 1.83 bits per heavy atom. The van der Waals surface area contributed by atoms with Gasteiger partial charge < -0.3 is 0 Å². The van der Waals surface area contributed by atoms with Crippen molar-refractivity contribution < 1.29 is 21.2 Å². The fourth-order valence-electron chi connectivity index (χ4n) is 0.737. The second-order valence-corrected chi connectivity index (χ2v) is 4.52. The van der Waals surface area contributed by atoms with Crippen LogP contribution in [0.15, 0.2) is 18.5 Å². The van der Waals surface area contributed by atoms with Crippen molar-refractivity contribution in [3.63, 3.8) is 0 Å². The molecule has 1 rings (SSSR count). The van der Waals surface area contributed by atoms with Gasteiger partial charge in [0.1, 0.15) is 0 Å². The molecule has 0 atom stereocenters. The molecule has 0 aliphatic heterocycles. The van der Waals surface area contributed by atoms with Gasteiger partial charge >= 0.3 is 82.0 Å². The van der Waals surface area contributed by atoms with E-state index in [-0.39, 0.29) is 21.2 Å². The first-order chi connectivity index (χ1) is 5.83. The summed E-state index contributed by atoms with van der Waals surface area (Å²) in [7, 11) is 0. The maximum atomic E-state index is 7.49. The summed E-state index contributed by atoms with van der Waals surface area (Å²) in [5, 5.41) is 7.49. The number of H-pyrrole nitrogens is 1. The van der Waals surface area contributed by atoms with E-state index in [1.54, 1.807) is 12.4 Å². The SMILES string of the molecule is C[I-]CC(=N)/C=C\c1ncc[nH]1. The van der Waals surface area contributed by atoms with E-state index in [4.69, 9.17) is 5.41 Å². The molecule has 4 heteroatoms. The van der Waals surface area contributed by atoms with Crippen LogP contribution in [-0.4, -0.2) is 25.0 Å². The van der Waals surface area contributed by atoms with Crippen molar-refractivity contribution in [1.29, 1.82) is 5.41 Å². The molecule has 0 aliphatic carbocycles. The molecule has 0 aliphatic rings. The number of alkyl halides is 2. The standard InChI is InChI=1S/C8H11IN3/c1-9-6-7(10)2-3-8-11-4-5-12-8/h2-5,10H,6H2,1H3,(H,11,12)/q-1/b3-2-,10-7?. The second-order valence-electron chi connectivity index (χ2n) is 2.23. The van der Waals surface area contributed by atoms with Crippen molar-refractivity contribution in [1.82, 2.24) is 9.97 Å². The van der Waals surface area contributed by atoms with Crippen LogP contribution in [0, 0.1) is 5.41 Å². The number of allylic oxidation sites excluding steroid dienone is 1. The molecule has 0 aromatic carbocycles. The minimum atomic E-state index is 0.190. The summed E-state index contributed by atoms with van der Waals surface area (Å²) < 4.78 is 0.941. The molecular weight excluding hydrogens is 265 g/mol. The van der Waals surface area contributed by atoms with Crippen LogP contribution < -0.4 is 21.2 Å². The normalized spacial score (nSPS) is 11.1. The monoisotopic (exact) mass is 276 g/mol. The number of imidazole rings is 1. The summed E-state index contributed by atoms with van der Waals surface area (Å²) in [6.07, 6.45) is 7.12. The number of aromatic amines is 1. The minimum absolute atomic E-state index is 0.190. The Bertz CT molecular complexity index is 264. The van der Waals surface area contributed by atoms with Crippen molar-refractivity contribution in [2.45, 2.75) is 0 Å². The number of hydrogen-bond acceptors (Lipinski definition) is 2. The predicted octanol–water partition coefficient (Wildman–Crippen LogP) is -1.84. The summed E-state index contributed by atoms with van der Waals surface area (Å²) in [6, 6.07) is 0. The van der Waals surface area contributed by atoms with Crippen molar-refractivity contribution in [3.05, 3.63) is 24.3 Å². The molecule has 0 fully saturated rings. The third-order valence-electron chi connectivity index (χ3n) is 1.24. The Hall–Kier alpha value is -0.650. The quantitative estimate of drug-likeness (QED) is 0.379. The Labute approximate surface area is 82.1 Å². The molecule has 1 heterocycles. The van der Waals surface area contributed by atoms with Crippen molar-refractivity contribution >= 4 is 11.8 Å². The zero-order chi connectivity index (χ0) is 8.81. The molecule has 2 N–H and O–H groups in total. The van der Waals surface area contributed by atoms with Gasteiger partial charge in [-0.15, -0.1) is 0 Å². The average Bonchev–Trinajstić information content (AvgIpc) is 2.53. The van der Waals surface area contributed by atoms with E-state index in [1.165, 1.54) is 0 Å². The number of rotatable bonds is 4. The van der Waals surface area contributed by atoms with Crippen molar-refractivity contribution in [2.75, 3.05) is 9.36 Å². The molecule has 1 aromatic heterocycles. The molecule has 0 unspecified atom stereocenters. The van der Waals surface area contributed by atoms with E-state index in [2.05, 4.69) is 14.9 Å². The molecule has 0 spiro atoms. The van der Waals surface area contributed by atoms with Crippen molar-refractivity contribution in [3.8, 4) is 0 Å². The summed E-state index contributed by atoms with van der Waals surface area (Å²) in [6.45, 7) is 0. The van der Waals surface area contributed by atoms with E-state index in [0.717, 1.165) is 10.3 Å². The van der Waals surface area contributed by atoms with Gasteiger partial charge in [-0.3, -0.25) is 0 Å². The molecule has 0 radical (unpaired) electrons. The molecular formula is C8H11IN3-. The number of aromatic nitrogens is 2. The van der Waals surface area contributed by atoms with E-state index in [0.29, 0.717) is 5.71 Å². The van der Waals surface area contributed by atoms with E-state index in [1.807, 2.05) is 12.2 Å². The summed E-state index contributed by atoms with van der Waals surface area (Å²) in [5.41, 5.74) is 0.696. The Balaban J connectivity index is 2.45. The van der Waals surface area contributed by atoms with Gasteiger partial charge in [0.2, 0.25) is 0 Å². The topological polar surface area (TPSA) is 52.5 Å². The zero-order valence-electron chi connectivity index (χ0n) is 6.84. The van der Waals surface area contributed by atoms with Gasteiger partial charge in [-0.1, -0.05) is 0 Å². The van der Waals surface area contributed by atoms with Gasteiger partial charge in [0.25, 0.3) is 0 Å². The van der Waals surface area contributed by atoms with Crippen LogP contribution in [0.3, 0.4) is 0 Å². The Kier molecular flexibility index (Phi) is 3.99. The molecule has 12 heavy (non-hydrogen) atoms. The summed E-state index contributed by atoms with van der Waals surface area (Å²) in [5.74, 6) is 0.814. The van der Waals surface area contributed by atoms with Crippen LogP contribution in [0.4, 0.5) is 0 Å². The molecule has 0 saturated heterocycles. The number of nitrogens with one attached hydrogen (secondary N) is 2. The first-order valence-electron chi connectivity index (χ1n) is 3.51. The number of halogens is 1. The third-order valence-corrected chi connectivity index (χ3v) is 2.82. The Morgan fingerprint density at radius 3 is 3.25 bits per heavy atom. The van der Waals surface area contributed by atoms with Gasteiger partial charge in [-0.25, -0.2) is 0 Å². The summed E-state index contributed by atoms with van der Waals surface area (Å²) >= 11 is 0.190. The van der Waals surface area contributed by atoms with Crippen LogP contribution in [-0.2, 0) is 0 Å². The fraction of sp³-hybridized carbons (Fsp3) is 0.250. The van der Waals surface area contributed by atoms with Gasteiger partial charge in [-0.2, -0.15) is 0 Å². The van der Waals surface area contributed by atoms with Crippen LogP contribution in [0.5, 0.6) is 0 Å². The molecule has 66 valence electrons. The number of hydrogen-bond donors (Lipinski definition) is 2. The zero-order valence-corrected chi connectivity index (χ0v) is 9.00. The van der Waals surface area contributed by atoms with Crippen LogP contribution in [0.2, 0.25) is 0 Å². The predicted molar refractivity (Wildman–Crippen MR) is 46.1 cm³/mol. The van der Waals surface area contributed by atoms with E-state index >= 15 is 0 Å². The first-order valence-corrected chi connectivity index (χ1v) is 7.20. The molecule has 0 bridgehead atoms. The fourth-order valence-corrected chi connectivity index (χ4v) is 1.81. The van der Waals surface area contributed by atoms with Crippen LogP contribution in [0.25, 0.3) is 6.08 Å². The first kappa shape index (κ1) is 9.44.